The molecule has 2 heterocycles. The Bertz CT molecular complexity index is 920. The van der Waals surface area contributed by atoms with Crippen molar-refractivity contribution in [1.82, 2.24) is 25.1 Å². The maximum Gasteiger partial charge on any atom is 0.251 e. The summed E-state index contributed by atoms with van der Waals surface area (Å²) in [4.78, 5) is 20.9. The molecule has 1 aromatic carbocycles. The summed E-state index contributed by atoms with van der Waals surface area (Å²) in [5.74, 6) is 1.40. The Morgan fingerprint density at radius 3 is 2.68 bits per heavy atom. The summed E-state index contributed by atoms with van der Waals surface area (Å²) < 4.78 is 7.37. The molecule has 0 spiro atoms. The highest BCUT2D eigenvalue weighted by atomic mass is 16.5. The maximum absolute atomic E-state index is 12.3. The molecule has 0 atom stereocenters. The van der Waals surface area contributed by atoms with Crippen LogP contribution < -0.4 is 15.4 Å². The number of aromatic nitrogens is 4. The topological polar surface area (TPSA) is 94.0 Å². The summed E-state index contributed by atoms with van der Waals surface area (Å²) in [5, 5.41) is 11.4. The molecule has 0 aliphatic heterocycles. The Morgan fingerprint density at radius 2 is 1.96 bits per heavy atom. The molecule has 8 nitrogen and oxygen atoms in total. The first kappa shape index (κ1) is 19.6. The number of amides is 1. The number of benzene rings is 1. The van der Waals surface area contributed by atoms with Crippen molar-refractivity contribution in [2.75, 3.05) is 18.4 Å². The summed E-state index contributed by atoms with van der Waals surface area (Å²) in [6.45, 7) is 7.84. The third-order valence-electron chi connectivity index (χ3n) is 4.07. The Kier molecular flexibility index (Phi) is 6.41. The number of nitrogens with one attached hydrogen (secondary N) is 2. The minimum Gasteiger partial charge on any atom is -0.491 e. The third-order valence-corrected chi connectivity index (χ3v) is 4.07. The number of nitrogens with zero attached hydrogens (tertiary/aromatic N) is 4. The van der Waals surface area contributed by atoms with Gasteiger partial charge in [-0.2, -0.15) is 5.10 Å². The second-order valence-electron chi connectivity index (χ2n) is 6.70. The van der Waals surface area contributed by atoms with Crippen molar-refractivity contribution in [3.8, 4) is 5.75 Å². The lowest BCUT2D eigenvalue weighted by atomic mass is 10.2. The van der Waals surface area contributed by atoms with Crippen LogP contribution >= 0.6 is 0 Å². The van der Waals surface area contributed by atoms with Crippen LogP contribution in [-0.2, 0) is 6.54 Å². The lowest BCUT2D eigenvalue weighted by molar-refractivity contribution is 0.0952. The van der Waals surface area contributed by atoms with E-state index in [-0.39, 0.29) is 12.0 Å². The minimum atomic E-state index is -0.132. The summed E-state index contributed by atoms with van der Waals surface area (Å²) in [6.07, 6.45) is 4.39. The standard InChI is InChI=1S/C20H26N6O2/c1-4-9-21-18-17-12-25-26(19(17)24-13-23-18)11-10-22-20(27)15-5-7-16(8-6-15)28-14(2)3/h5-8,12-14H,4,9-11H2,1-3H3,(H,22,27)(H,21,23,24). The number of ether oxygens (including phenoxy) is 1. The first-order valence-electron chi connectivity index (χ1n) is 9.53. The smallest absolute Gasteiger partial charge is 0.251 e. The molecule has 0 unspecified atom stereocenters. The average Bonchev–Trinajstić information content (AvgIpc) is 3.10. The fourth-order valence-corrected chi connectivity index (χ4v) is 2.78. The zero-order chi connectivity index (χ0) is 19.9. The van der Waals surface area contributed by atoms with Crippen LogP contribution in [0.1, 0.15) is 37.6 Å². The van der Waals surface area contributed by atoms with Crippen molar-refractivity contribution < 1.29 is 9.53 Å². The van der Waals surface area contributed by atoms with Crippen LogP contribution in [-0.4, -0.2) is 44.8 Å². The summed E-state index contributed by atoms with van der Waals surface area (Å²) in [5.41, 5.74) is 1.34. The first-order valence-corrected chi connectivity index (χ1v) is 9.53. The molecule has 28 heavy (non-hydrogen) atoms. The fraction of sp³-hybridized carbons (Fsp3) is 0.400. The van der Waals surface area contributed by atoms with Crippen molar-refractivity contribution in [2.24, 2.45) is 0 Å². The number of hydrogen-bond donors (Lipinski definition) is 2. The predicted octanol–water partition coefficient (Wildman–Crippen LogP) is 2.87. The quantitative estimate of drug-likeness (QED) is 0.591. The normalized spacial score (nSPS) is 11.0. The van der Waals surface area contributed by atoms with Gasteiger partial charge in [-0.05, 0) is 44.5 Å². The molecule has 0 saturated carbocycles. The molecule has 0 saturated heterocycles. The van der Waals surface area contributed by atoms with Gasteiger partial charge in [0.15, 0.2) is 5.65 Å². The Balaban J connectivity index is 1.58. The van der Waals surface area contributed by atoms with Gasteiger partial charge in [0.05, 0.1) is 24.2 Å². The first-order chi connectivity index (χ1) is 13.6. The van der Waals surface area contributed by atoms with E-state index in [1.54, 1.807) is 35.1 Å². The molecule has 2 aromatic heterocycles. The van der Waals surface area contributed by atoms with Gasteiger partial charge in [-0.15, -0.1) is 0 Å². The number of fused-ring (bicyclic) bond motifs is 1. The highest BCUT2D eigenvalue weighted by molar-refractivity contribution is 5.94. The molecule has 2 N–H and O–H groups in total. The van der Waals surface area contributed by atoms with E-state index < -0.39 is 0 Å². The van der Waals surface area contributed by atoms with E-state index >= 15 is 0 Å². The van der Waals surface area contributed by atoms with E-state index in [0.29, 0.717) is 18.7 Å². The highest BCUT2D eigenvalue weighted by Crippen LogP contribution is 2.18. The molecule has 148 valence electrons. The summed E-state index contributed by atoms with van der Waals surface area (Å²) in [7, 11) is 0. The highest BCUT2D eigenvalue weighted by Gasteiger charge is 2.10. The number of carbonyl (C=O) groups is 1. The summed E-state index contributed by atoms with van der Waals surface area (Å²) >= 11 is 0. The zero-order valence-corrected chi connectivity index (χ0v) is 16.5. The second-order valence-corrected chi connectivity index (χ2v) is 6.70. The van der Waals surface area contributed by atoms with Crippen LogP contribution in [0.25, 0.3) is 11.0 Å². The van der Waals surface area contributed by atoms with Gasteiger partial charge in [0, 0.05) is 18.7 Å². The SMILES string of the molecule is CCCNc1ncnc2c1cnn2CCNC(=O)c1ccc(OC(C)C)cc1. The second kappa shape index (κ2) is 9.16. The van der Waals surface area contributed by atoms with Crippen LogP contribution in [0, 0.1) is 0 Å². The van der Waals surface area contributed by atoms with Gasteiger partial charge in [-0.25, -0.2) is 14.6 Å². The molecule has 0 aliphatic carbocycles. The molecule has 3 aromatic rings. The third kappa shape index (κ3) is 4.76. The van der Waals surface area contributed by atoms with E-state index in [1.165, 1.54) is 6.33 Å². The molecule has 0 radical (unpaired) electrons. The van der Waals surface area contributed by atoms with Crippen LogP contribution in [0.15, 0.2) is 36.8 Å². The lowest BCUT2D eigenvalue weighted by Crippen LogP contribution is -2.27. The molecule has 0 fully saturated rings. The fourth-order valence-electron chi connectivity index (χ4n) is 2.78. The van der Waals surface area contributed by atoms with Crippen molar-refractivity contribution in [3.05, 3.63) is 42.4 Å². The van der Waals surface area contributed by atoms with Gasteiger partial charge in [0.25, 0.3) is 5.91 Å². The van der Waals surface area contributed by atoms with E-state index in [0.717, 1.165) is 35.6 Å². The van der Waals surface area contributed by atoms with Crippen molar-refractivity contribution >= 4 is 22.8 Å². The largest absolute Gasteiger partial charge is 0.491 e. The number of carbonyl (C=O) groups excluding carboxylic acids is 1. The van der Waals surface area contributed by atoms with Gasteiger partial charge in [-0.1, -0.05) is 6.92 Å². The monoisotopic (exact) mass is 382 g/mol. The number of hydrogen-bond acceptors (Lipinski definition) is 6. The van der Waals surface area contributed by atoms with Crippen molar-refractivity contribution in [1.29, 1.82) is 0 Å². The van der Waals surface area contributed by atoms with E-state index in [1.807, 2.05) is 13.8 Å². The predicted molar refractivity (Wildman–Crippen MR) is 109 cm³/mol. The average molecular weight is 382 g/mol. The Labute approximate surface area is 164 Å². The van der Waals surface area contributed by atoms with Gasteiger partial charge >= 0.3 is 0 Å². The van der Waals surface area contributed by atoms with Crippen LogP contribution in [0.2, 0.25) is 0 Å². The minimum absolute atomic E-state index is 0.102. The van der Waals surface area contributed by atoms with Gasteiger partial charge < -0.3 is 15.4 Å². The Hall–Kier alpha value is -3.16. The van der Waals surface area contributed by atoms with E-state index in [9.17, 15) is 4.79 Å². The van der Waals surface area contributed by atoms with Crippen molar-refractivity contribution in [3.63, 3.8) is 0 Å². The van der Waals surface area contributed by atoms with Gasteiger partial charge in [0.2, 0.25) is 0 Å². The zero-order valence-electron chi connectivity index (χ0n) is 16.5. The molecule has 1 amide bonds. The van der Waals surface area contributed by atoms with Gasteiger partial charge in [-0.3, -0.25) is 4.79 Å². The summed E-state index contributed by atoms with van der Waals surface area (Å²) in [6, 6.07) is 7.12. The van der Waals surface area contributed by atoms with Gasteiger partial charge in [0.1, 0.15) is 17.9 Å². The number of rotatable bonds is 9. The van der Waals surface area contributed by atoms with E-state index in [2.05, 4.69) is 32.6 Å². The molecule has 8 heteroatoms. The molecule has 3 rings (SSSR count). The van der Waals surface area contributed by atoms with Crippen molar-refractivity contribution in [2.45, 2.75) is 39.8 Å². The molecular weight excluding hydrogens is 356 g/mol. The van der Waals surface area contributed by atoms with Crippen LogP contribution in [0.3, 0.4) is 0 Å². The maximum atomic E-state index is 12.3. The molecule has 0 bridgehead atoms. The Morgan fingerprint density at radius 1 is 1.18 bits per heavy atom. The van der Waals surface area contributed by atoms with Crippen LogP contribution in [0.4, 0.5) is 5.82 Å². The van der Waals surface area contributed by atoms with E-state index in [4.69, 9.17) is 4.74 Å². The molecule has 0 aliphatic rings. The lowest BCUT2D eigenvalue weighted by Gasteiger charge is -2.10. The molecular formula is C20H26N6O2. The number of anilines is 1. The van der Waals surface area contributed by atoms with Crippen LogP contribution in [0.5, 0.6) is 5.75 Å².